The van der Waals surface area contributed by atoms with Crippen molar-refractivity contribution >= 4 is 11.7 Å². The highest BCUT2D eigenvalue weighted by Crippen LogP contribution is 2.24. The zero-order chi connectivity index (χ0) is 12.6. The molecule has 1 aliphatic rings. The standard InChI is InChI=1S/C11H18N4O2/c1-8-9(7-16)11(14(3)12-8)15-5-4-13(2)10(17)6-15/h16H,4-7H2,1-3H3. The van der Waals surface area contributed by atoms with Gasteiger partial charge < -0.3 is 14.9 Å². The third kappa shape index (κ3) is 2.00. The molecule has 1 aliphatic heterocycles. The molecule has 1 fully saturated rings. The normalized spacial score (nSPS) is 16.8. The first kappa shape index (κ1) is 11.9. The number of hydrogen-bond acceptors (Lipinski definition) is 4. The number of aliphatic hydroxyl groups is 1. The van der Waals surface area contributed by atoms with Crippen molar-refractivity contribution in [2.75, 3.05) is 31.6 Å². The number of rotatable bonds is 2. The lowest BCUT2D eigenvalue weighted by Crippen LogP contribution is -2.49. The topological polar surface area (TPSA) is 61.6 Å². The summed E-state index contributed by atoms with van der Waals surface area (Å²) in [6.07, 6.45) is 0. The number of carbonyl (C=O) groups is 1. The molecule has 0 aromatic carbocycles. The summed E-state index contributed by atoms with van der Waals surface area (Å²) in [5.74, 6) is 0.949. The van der Waals surface area contributed by atoms with Crippen LogP contribution < -0.4 is 4.90 Å². The summed E-state index contributed by atoms with van der Waals surface area (Å²) in [4.78, 5) is 15.4. The van der Waals surface area contributed by atoms with Gasteiger partial charge in [0.25, 0.3) is 0 Å². The number of likely N-dealkylation sites (N-methyl/N-ethyl adjacent to an activating group) is 1. The van der Waals surface area contributed by atoms with E-state index in [0.717, 1.165) is 23.6 Å². The van der Waals surface area contributed by atoms with Crippen LogP contribution in [0.5, 0.6) is 0 Å². The van der Waals surface area contributed by atoms with Gasteiger partial charge in [-0.1, -0.05) is 0 Å². The number of aryl methyl sites for hydroxylation is 2. The summed E-state index contributed by atoms with van der Waals surface area (Å²) >= 11 is 0. The molecule has 0 saturated carbocycles. The van der Waals surface area contributed by atoms with Crippen molar-refractivity contribution in [1.29, 1.82) is 0 Å². The summed E-state index contributed by atoms with van der Waals surface area (Å²) < 4.78 is 1.74. The maximum atomic E-state index is 11.7. The van der Waals surface area contributed by atoms with Gasteiger partial charge in [0.15, 0.2) is 0 Å². The second-order valence-electron chi connectivity index (χ2n) is 4.41. The Labute approximate surface area is 100 Å². The van der Waals surface area contributed by atoms with E-state index in [-0.39, 0.29) is 12.5 Å². The fraction of sp³-hybridized carbons (Fsp3) is 0.636. The Bertz CT molecular complexity index is 441. The van der Waals surface area contributed by atoms with Crippen molar-refractivity contribution in [3.8, 4) is 0 Å². The third-order valence-corrected chi connectivity index (χ3v) is 3.23. The molecule has 94 valence electrons. The monoisotopic (exact) mass is 238 g/mol. The van der Waals surface area contributed by atoms with E-state index in [9.17, 15) is 9.90 Å². The number of nitrogens with zero attached hydrogens (tertiary/aromatic N) is 4. The third-order valence-electron chi connectivity index (χ3n) is 3.23. The average molecular weight is 238 g/mol. The zero-order valence-corrected chi connectivity index (χ0v) is 10.5. The van der Waals surface area contributed by atoms with Gasteiger partial charge >= 0.3 is 0 Å². The molecule has 2 heterocycles. The van der Waals surface area contributed by atoms with Gasteiger partial charge in [-0.05, 0) is 6.92 Å². The summed E-state index contributed by atoms with van der Waals surface area (Å²) in [7, 11) is 3.64. The fourth-order valence-corrected chi connectivity index (χ4v) is 2.21. The van der Waals surface area contributed by atoms with Crippen LogP contribution in [0.1, 0.15) is 11.3 Å². The number of carbonyl (C=O) groups excluding carboxylic acids is 1. The molecule has 0 aliphatic carbocycles. The summed E-state index contributed by atoms with van der Waals surface area (Å²) in [6.45, 7) is 3.65. The van der Waals surface area contributed by atoms with E-state index in [0.29, 0.717) is 13.1 Å². The number of amides is 1. The maximum absolute atomic E-state index is 11.7. The van der Waals surface area contributed by atoms with Crippen LogP contribution in [0.25, 0.3) is 0 Å². The molecular formula is C11H18N4O2. The molecule has 17 heavy (non-hydrogen) atoms. The lowest BCUT2D eigenvalue weighted by Gasteiger charge is -2.33. The average Bonchev–Trinajstić information content (AvgIpc) is 2.57. The van der Waals surface area contributed by atoms with Crippen LogP contribution in [0.2, 0.25) is 0 Å². The molecular weight excluding hydrogens is 220 g/mol. The van der Waals surface area contributed by atoms with E-state index < -0.39 is 0 Å². The largest absolute Gasteiger partial charge is 0.391 e. The Hall–Kier alpha value is -1.56. The van der Waals surface area contributed by atoms with E-state index in [1.54, 1.807) is 16.6 Å². The molecule has 6 heteroatoms. The van der Waals surface area contributed by atoms with Crippen LogP contribution in [0.4, 0.5) is 5.82 Å². The molecule has 0 unspecified atom stereocenters. The molecule has 1 aromatic rings. The molecule has 6 nitrogen and oxygen atoms in total. The van der Waals surface area contributed by atoms with Crippen LogP contribution in [-0.4, -0.2) is 52.4 Å². The molecule has 0 atom stereocenters. The van der Waals surface area contributed by atoms with Crippen molar-refractivity contribution in [2.45, 2.75) is 13.5 Å². The molecule has 1 saturated heterocycles. The van der Waals surface area contributed by atoms with Crippen LogP contribution in [0.15, 0.2) is 0 Å². The van der Waals surface area contributed by atoms with Crippen molar-refractivity contribution in [3.63, 3.8) is 0 Å². The highest BCUT2D eigenvalue weighted by atomic mass is 16.3. The maximum Gasteiger partial charge on any atom is 0.241 e. The van der Waals surface area contributed by atoms with E-state index >= 15 is 0 Å². The zero-order valence-electron chi connectivity index (χ0n) is 10.5. The van der Waals surface area contributed by atoms with Gasteiger partial charge in [-0.2, -0.15) is 5.10 Å². The van der Waals surface area contributed by atoms with E-state index in [4.69, 9.17) is 0 Å². The Balaban J connectivity index is 2.31. The number of anilines is 1. The van der Waals surface area contributed by atoms with Gasteiger partial charge in [-0.25, -0.2) is 0 Å². The summed E-state index contributed by atoms with van der Waals surface area (Å²) in [6, 6.07) is 0. The predicted octanol–water partition coefficient (Wildman–Crippen LogP) is -0.501. The van der Waals surface area contributed by atoms with Crippen LogP contribution in [0, 0.1) is 6.92 Å². The highest BCUT2D eigenvalue weighted by molar-refractivity contribution is 5.82. The minimum absolute atomic E-state index is 0.0461. The van der Waals surface area contributed by atoms with Gasteiger partial charge in [0.05, 0.1) is 18.8 Å². The van der Waals surface area contributed by atoms with Crippen LogP contribution >= 0.6 is 0 Å². The molecule has 2 rings (SSSR count). The summed E-state index contributed by atoms with van der Waals surface area (Å²) in [5.41, 5.74) is 1.63. The lowest BCUT2D eigenvalue weighted by molar-refractivity contribution is -0.129. The molecule has 1 amide bonds. The highest BCUT2D eigenvalue weighted by Gasteiger charge is 2.26. The SMILES string of the molecule is Cc1nn(C)c(N2CCN(C)C(=O)C2)c1CO. The number of hydrogen-bond donors (Lipinski definition) is 1. The molecule has 1 aromatic heterocycles. The predicted molar refractivity (Wildman–Crippen MR) is 63.7 cm³/mol. The van der Waals surface area contributed by atoms with Gasteiger partial charge in [0.1, 0.15) is 5.82 Å². The number of piperazine rings is 1. The Morgan fingerprint density at radius 1 is 1.35 bits per heavy atom. The molecule has 0 bridgehead atoms. The second kappa shape index (κ2) is 4.37. The molecule has 0 spiro atoms. The van der Waals surface area contributed by atoms with Gasteiger partial charge in [-0.15, -0.1) is 0 Å². The van der Waals surface area contributed by atoms with Gasteiger partial charge in [0.2, 0.25) is 5.91 Å². The number of aromatic nitrogens is 2. The number of aliphatic hydroxyl groups excluding tert-OH is 1. The van der Waals surface area contributed by atoms with Crippen molar-refractivity contribution in [2.24, 2.45) is 7.05 Å². The molecule has 0 radical (unpaired) electrons. The Morgan fingerprint density at radius 2 is 2.06 bits per heavy atom. The van der Waals surface area contributed by atoms with Gasteiger partial charge in [0, 0.05) is 32.7 Å². The summed E-state index contributed by atoms with van der Waals surface area (Å²) in [5, 5.41) is 13.7. The van der Waals surface area contributed by atoms with E-state index in [2.05, 4.69) is 5.10 Å². The quantitative estimate of drug-likeness (QED) is 0.754. The smallest absolute Gasteiger partial charge is 0.241 e. The van der Waals surface area contributed by atoms with Crippen molar-refractivity contribution in [3.05, 3.63) is 11.3 Å². The first-order chi connectivity index (χ1) is 8.04. The minimum Gasteiger partial charge on any atom is -0.391 e. The minimum atomic E-state index is -0.0461. The van der Waals surface area contributed by atoms with Crippen LogP contribution in [-0.2, 0) is 18.4 Å². The van der Waals surface area contributed by atoms with E-state index in [1.165, 1.54) is 0 Å². The Kier molecular flexibility index (Phi) is 3.06. The van der Waals surface area contributed by atoms with E-state index in [1.807, 2.05) is 18.9 Å². The van der Waals surface area contributed by atoms with Crippen LogP contribution in [0.3, 0.4) is 0 Å². The molecule has 1 N–H and O–H groups in total. The first-order valence-electron chi connectivity index (χ1n) is 5.66. The second-order valence-corrected chi connectivity index (χ2v) is 4.41. The van der Waals surface area contributed by atoms with Crippen molar-refractivity contribution < 1.29 is 9.90 Å². The van der Waals surface area contributed by atoms with Crippen molar-refractivity contribution in [1.82, 2.24) is 14.7 Å². The first-order valence-corrected chi connectivity index (χ1v) is 5.66. The fourth-order valence-electron chi connectivity index (χ4n) is 2.21. The van der Waals surface area contributed by atoms with Gasteiger partial charge in [-0.3, -0.25) is 9.48 Å². The lowest BCUT2D eigenvalue weighted by atomic mass is 10.2. The Morgan fingerprint density at radius 3 is 2.65 bits per heavy atom.